The third kappa shape index (κ3) is 4.76. The van der Waals surface area contributed by atoms with Crippen molar-refractivity contribution in [3.05, 3.63) is 42.2 Å². The second kappa shape index (κ2) is 7.98. The maximum Gasteiger partial charge on any atom is 0.269 e. The van der Waals surface area contributed by atoms with Crippen molar-refractivity contribution in [1.29, 1.82) is 5.26 Å². The molecule has 0 saturated heterocycles. The number of aromatic nitrogens is 1. The molecule has 1 amide bonds. The first kappa shape index (κ1) is 13.9. The van der Waals surface area contributed by atoms with Crippen molar-refractivity contribution in [1.82, 2.24) is 10.3 Å². The van der Waals surface area contributed by atoms with Gasteiger partial charge in [-0.1, -0.05) is 6.08 Å². The topological polar surface area (TPSA) is 75.0 Å². The first-order chi connectivity index (χ1) is 8.77. The second-order valence-corrected chi connectivity index (χ2v) is 3.49. The first-order valence-corrected chi connectivity index (χ1v) is 5.61. The van der Waals surface area contributed by atoms with E-state index in [1.165, 1.54) is 12.3 Å². The number of nitrogens with one attached hydrogen (secondary N) is 1. The van der Waals surface area contributed by atoms with E-state index in [9.17, 15) is 4.79 Å². The molecule has 1 heterocycles. The lowest BCUT2D eigenvalue weighted by Gasteiger charge is -2.05. The van der Waals surface area contributed by atoms with Crippen molar-refractivity contribution in [2.45, 2.75) is 6.42 Å². The summed E-state index contributed by atoms with van der Waals surface area (Å²) in [5.74, 6) is -0.271. The van der Waals surface area contributed by atoms with E-state index in [2.05, 4.69) is 16.9 Å². The maximum absolute atomic E-state index is 11.6. The highest BCUT2D eigenvalue weighted by molar-refractivity contribution is 5.92. The summed E-state index contributed by atoms with van der Waals surface area (Å²) in [5.41, 5.74) is 0.722. The quantitative estimate of drug-likeness (QED) is 0.580. The van der Waals surface area contributed by atoms with E-state index in [1.807, 2.05) is 6.07 Å². The van der Waals surface area contributed by atoms with Crippen LogP contribution in [-0.2, 0) is 4.74 Å². The number of carbonyl (C=O) groups excluding carboxylic acids is 1. The zero-order valence-electron chi connectivity index (χ0n) is 10.1. The molecule has 0 radical (unpaired) electrons. The molecule has 5 heteroatoms. The smallest absolute Gasteiger partial charge is 0.269 e. The average molecular weight is 245 g/mol. The van der Waals surface area contributed by atoms with Crippen molar-refractivity contribution in [2.24, 2.45) is 0 Å². The molecule has 0 fully saturated rings. The minimum Gasteiger partial charge on any atom is -0.379 e. The largest absolute Gasteiger partial charge is 0.379 e. The molecule has 0 aliphatic carbocycles. The van der Waals surface area contributed by atoms with Crippen LogP contribution >= 0.6 is 0 Å². The lowest BCUT2D eigenvalue weighted by Crippen LogP contribution is -2.28. The molecule has 0 bridgehead atoms. The van der Waals surface area contributed by atoms with Crippen molar-refractivity contribution in [3.8, 4) is 6.07 Å². The number of carbonyl (C=O) groups is 1. The fourth-order valence-corrected chi connectivity index (χ4v) is 1.19. The van der Waals surface area contributed by atoms with Gasteiger partial charge in [0.1, 0.15) is 11.8 Å². The molecule has 18 heavy (non-hydrogen) atoms. The van der Waals surface area contributed by atoms with Gasteiger partial charge in [-0.3, -0.25) is 4.79 Å². The molecular formula is C13H15N3O2. The minimum absolute atomic E-state index is 0.271. The highest BCUT2D eigenvalue weighted by atomic mass is 16.5. The van der Waals surface area contributed by atoms with Gasteiger partial charge in [-0.2, -0.15) is 5.26 Å². The van der Waals surface area contributed by atoms with E-state index < -0.39 is 0 Å². The van der Waals surface area contributed by atoms with E-state index in [0.29, 0.717) is 31.0 Å². The normalized spacial score (nSPS) is 9.50. The molecule has 0 saturated carbocycles. The molecule has 0 unspecified atom stereocenters. The number of ether oxygens (including phenoxy) is 1. The van der Waals surface area contributed by atoms with Crippen LogP contribution in [0.3, 0.4) is 0 Å². The SMILES string of the molecule is C=CCCOCCNC(=O)c1ccc(C#N)cn1. The molecule has 0 aliphatic rings. The lowest BCUT2D eigenvalue weighted by molar-refractivity contribution is 0.0913. The molecule has 1 aromatic heterocycles. The summed E-state index contributed by atoms with van der Waals surface area (Å²) in [5, 5.41) is 11.3. The van der Waals surface area contributed by atoms with Crippen LogP contribution in [0.2, 0.25) is 0 Å². The van der Waals surface area contributed by atoms with Crippen molar-refractivity contribution in [3.63, 3.8) is 0 Å². The Kier molecular flexibility index (Phi) is 6.15. The fourth-order valence-electron chi connectivity index (χ4n) is 1.19. The van der Waals surface area contributed by atoms with E-state index in [0.717, 1.165) is 6.42 Å². The van der Waals surface area contributed by atoms with Gasteiger partial charge in [-0.25, -0.2) is 4.98 Å². The number of amides is 1. The Morgan fingerprint density at radius 3 is 3.00 bits per heavy atom. The van der Waals surface area contributed by atoms with Crippen LogP contribution in [0.25, 0.3) is 0 Å². The van der Waals surface area contributed by atoms with E-state index in [-0.39, 0.29) is 5.91 Å². The molecule has 0 atom stereocenters. The average Bonchev–Trinajstić information content (AvgIpc) is 2.42. The van der Waals surface area contributed by atoms with Gasteiger partial charge in [0.05, 0.1) is 18.8 Å². The summed E-state index contributed by atoms with van der Waals surface area (Å²) < 4.78 is 5.25. The van der Waals surface area contributed by atoms with Gasteiger partial charge in [0.25, 0.3) is 5.91 Å². The third-order valence-corrected chi connectivity index (χ3v) is 2.12. The lowest BCUT2D eigenvalue weighted by atomic mass is 10.2. The third-order valence-electron chi connectivity index (χ3n) is 2.12. The summed E-state index contributed by atoms with van der Waals surface area (Å²) in [4.78, 5) is 15.5. The maximum atomic E-state index is 11.6. The predicted molar refractivity (Wildman–Crippen MR) is 66.9 cm³/mol. The Hall–Kier alpha value is -2.19. The van der Waals surface area contributed by atoms with Crippen LogP contribution < -0.4 is 5.32 Å². The highest BCUT2D eigenvalue weighted by Crippen LogP contribution is 1.98. The van der Waals surface area contributed by atoms with Crippen LogP contribution in [0.1, 0.15) is 22.5 Å². The van der Waals surface area contributed by atoms with Crippen LogP contribution in [0.4, 0.5) is 0 Å². The Morgan fingerprint density at radius 1 is 1.56 bits per heavy atom. The second-order valence-electron chi connectivity index (χ2n) is 3.49. The molecule has 1 N–H and O–H groups in total. The zero-order chi connectivity index (χ0) is 13.2. The van der Waals surface area contributed by atoms with Gasteiger partial charge in [0.15, 0.2) is 0 Å². The molecule has 94 valence electrons. The van der Waals surface area contributed by atoms with Crippen LogP contribution in [-0.4, -0.2) is 30.6 Å². The van der Waals surface area contributed by atoms with E-state index >= 15 is 0 Å². The summed E-state index contributed by atoms with van der Waals surface area (Å²) in [6, 6.07) is 5.02. The first-order valence-electron chi connectivity index (χ1n) is 5.61. The minimum atomic E-state index is -0.271. The fraction of sp³-hybridized carbons (Fsp3) is 0.308. The summed E-state index contributed by atoms with van der Waals surface area (Å²) in [6.45, 7) is 5.07. The molecule has 1 rings (SSSR count). The Balaban J connectivity index is 2.28. The standard InChI is InChI=1S/C13H15N3O2/c1-2-3-7-18-8-6-15-13(17)12-5-4-11(9-14)10-16-12/h2,4-5,10H,1,3,6-8H2,(H,15,17). The predicted octanol–water partition coefficient (Wildman–Crippen LogP) is 1.28. The molecular weight excluding hydrogens is 230 g/mol. The number of nitriles is 1. The zero-order valence-corrected chi connectivity index (χ0v) is 10.1. The van der Waals surface area contributed by atoms with Gasteiger partial charge in [-0.15, -0.1) is 6.58 Å². The summed E-state index contributed by atoms with van der Waals surface area (Å²) in [7, 11) is 0. The molecule has 0 spiro atoms. The van der Waals surface area contributed by atoms with Gasteiger partial charge >= 0.3 is 0 Å². The van der Waals surface area contributed by atoms with Crippen molar-refractivity contribution < 1.29 is 9.53 Å². The molecule has 5 nitrogen and oxygen atoms in total. The monoisotopic (exact) mass is 245 g/mol. The Labute approximate surface area is 106 Å². The van der Waals surface area contributed by atoms with E-state index in [1.54, 1.807) is 12.1 Å². The Morgan fingerprint density at radius 2 is 2.39 bits per heavy atom. The number of hydrogen-bond donors (Lipinski definition) is 1. The van der Waals surface area contributed by atoms with E-state index in [4.69, 9.17) is 10.00 Å². The Bertz CT molecular complexity index is 435. The van der Waals surface area contributed by atoms with Crippen LogP contribution in [0.5, 0.6) is 0 Å². The number of pyridine rings is 1. The highest BCUT2D eigenvalue weighted by Gasteiger charge is 2.05. The van der Waals surface area contributed by atoms with Gasteiger partial charge in [0, 0.05) is 12.7 Å². The van der Waals surface area contributed by atoms with Crippen molar-refractivity contribution in [2.75, 3.05) is 19.8 Å². The summed E-state index contributed by atoms with van der Waals surface area (Å²) in [6.07, 6.45) is 3.94. The number of rotatable bonds is 7. The molecule has 0 aromatic carbocycles. The number of hydrogen-bond acceptors (Lipinski definition) is 4. The van der Waals surface area contributed by atoms with Gasteiger partial charge in [-0.05, 0) is 18.6 Å². The van der Waals surface area contributed by atoms with Crippen LogP contribution in [0.15, 0.2) is 31.0 Å². The molecule has 1 aromatic rings. The number of nitrogens with zero attached hydrogens (tertiary/aromatic N) is 2. The van der Waals surface area contributed by atoms with Gasteiger partial charge in [0.2, 0.25) is 0 Å². The van der Waals surface area contributed by atoms with Gasteiger partial charge < -0.3 is 10.1 Å². The van der Waals surface area contributed by atoms with Crippen LogP contribution in [0, 0.1) is 11.3 Å². The summed E-state index contributed by atoms with van der Waals surface area (Å²) >= 11 is 0. The van der Waals surface area contributed by atoms with Crippen molar-refractivity contribution >= 4 is 5.91 Å². The molecule has 0 aliphatic heterocycles.